The number of carbonyl (C=O) groups excluding carboxylic acids is 2. The summed E-state index contributed by atoms with van der Waals surface area (Å²) >= 11 is 0. The molecule has 3 N–H and O–H groups in total. The molecule has 30 heavy (non-hydrogen) atoms. The highest BCUT2D eigenvalue weighted by Crippen LogP contribution is 2.36. The van der Waals surface area contributed by atoms with Gasteiger partial charge in [-0.3, -0.25) is 9.59 Å². The van der Waals surface area contributed by atoms with Crippen molar-refractivity contribution >= 4 is 11.8 Å². The van der Waals surface area contributed by atoms with Gasteiger partial charge in [-0.2, -0.15) is 0 Å². The Balaban J connectivity index is 1.50. The van der Waals surface area contributed by atoms with E-state index < -0.39 is 5.91 Å². The summed E-state index contributed by atoms with van der Waals surface area (Å²) in [7, 11) is 0. The van der Waals surface area contributed by atoms with Gasteiger partial charge in [0.2, 0.25) is 18.6 Å². The van der Waals surface area contributed by atoms with Gasteiger partial charge in [-0.05, 0) is 48.9 Å². The van der Waals surface area contributed by atoms with Crippen molar-refractivity contribution in [1.82, 2.24) is 10.3 Å². The van der Waals surface area contributed by atoms with Gasteiger partial charge in [0.1, 0.15) is 11.3 Å². The van der Waals surface area contributed by atoms with Crippen molar-refractivity contribution in [1.29, 1.82) is 0 Å². The number of primary amides is 1. The van der Waals surface area contributed by atoms with Crippen LogP contribution in [0, 0.1) is 0 Å². The number of carbonyl (C=O) groups is 2. The number of hydrogen-bond acceptors (Lipinski definition) is 6. The van der Waals surface area contributed by atoms with Gasteiger partial charge in [0.15, 0.2) is 11.5 Å². The van der Waals surface area contributed by atoms with Crippen molar-refractivity contribution in [3.63, 3.8) is 0 Å². The quantitative estimate of drug-likeness (QED) is 0.651. The summed E-state index contributed by atoms with van der Waals surface area (Å²) in [5, 5.41) is 2.91. The fraction of sp³-hybridized carbons (Fsp3) is 0.136. The highest BCUT2D eigenvalue weighted by molar-refractivity contribution is 5.96. The number of aromatic nitrogens is 1. The maximum atomic E-state index is 12.9. The van der Waals surface area contributed by atoms with Gasteiger partial charge in [0.05, 0.1) is 6.04 Å². The smallest absolute Gasteiger partial charge is 0.257 e. The number of nitrogens with two attached hydrogens (primary N) is 1. The lowest BCUT2D eigenvalue weighted by atomic mass is 10.1. The summed E-state index contributed by atoms with van der Waals surface area (Å²) in [6.07, 6.45) is 1.55. The highest BCUT2D eigenvalue weighted by Gasteiger charge is 2.19. The zero-order valence-electron chi connectivity index (χ0n) is 16.1. The molecule has 0 saturated heterocycles. The number of nitrogens with zero attached hydrogens (tertiary/aromatic N) is 1. The van der Waals surface area contributed by atoms with Crippen LogP contribution in [0.2, 0.25) is 0 Å². The Morgan fingerprint density at radius 1 is 1.10 bits per heavy atom. The molecule has 1 aliphatic rings. The minimum absolute atomic E-state index is 0.161. The van der Waals surface area contributed by atoms with Crippen molar-refractivity contribution < 1.29 is 23.8 Å². The van der Waals surface area contributed by atoms with Crippen molar-refractivity contribution in [2.45, 2.75) is 13.0 Å². The third kappa shape index (κ3) is 4.02. The first-order chi connectivity index (χ1) is 14.5. The molecule has 2 heterocycles. The Bertz CT molecular complexity index is 1100. The molecular weight excluding hydrogens is 386 g/mol. The van der Waals surface area contributed by atoms with Crippen LogP contribution in [0.15, 0.2) is 60.8 Å². The van der Waals surface area contributed by atoms with Gasteiger partial charge in [0.25, 0.3) is 5.91 Å². The van der Waals surface area contributed by atoms with Crippen molar-refractivity contribution in [3.8, 4) is 23.1 Å². The Morgan fingerprint density at radius 3 is 2.63 bits per heavy atom. The molecule has 1 atom stereocenters. The molecule has 1 aromatic heterocycles. The molecule has 0 radical (unpaired) electrons. The van der Waals surface area contributed by atoms with Gasteiger partial charge in [-0.15, -0.1) is 0 Å². The fourth-order valence-electron chi connectivity index (χ4n) is 2.99. The van der Waals surface area contributed by atoms with E-state index in [1.54, 1.807) is 60.8 Å². The van der Waals surface area contributed by atoms with E-state index in [2.05, 4.69) is 10.3 Å². The molecule has 0 bridgehead atoms. The standard InChI is InChI=1S/C22H19N3O5/c1-13(14-4-6-15(7-5-14)20(23)26)25-21(27)17-3-2-10-24-22(17)30-16-8-9-18-19(11-16)29-12-28-18/h2-11,13H,12H2,1H3,(H2,23,26)(H,25,27). The largest absolute Gasteiger partial charge is 0.454 e. The third-order valence-corrected chi connectivity index (χ3v) is 4.62. The van der Waals surface area contributed by atoms with Crippen LogP contribution < -0.4 is 25.3 Å². The number of pyridine rings is 1. The Hall–Kier alpha value is -4.07. The lowest BCUT2D eigenvalue weighted by Gasteiger charge is -2.16. The average Bonchev–Trinajstić information content (AvgIpc) is 3.22. The first kappa shape index (κ1) is 19.3. The third-order valence-electron chi connectivity index (χ3n) is 4.62. The topological polar surface area (TPSA) is 113 Å². The molecule has 1 unspecified atom stereocenters. The molecule has 152 valence electrons. The summed E-state index contributed by atoms with van der Waals surface area (Å²) in [6.45, 7) is 2.00. The van der Waals surface area contributed by atoms with Crippen LogP contribution in [0.3, 0.4) is 0 Å². The van der Waals surface area contributed by atoms with Crippen LogP contribution in [0.4, 0.5) is 0 Å². The van der Waals surface area contributed by atoms with E-state index in [0.29, 0.717) is 22.8 Å². The molecule has 0 aliphatic carbocycles. The zero-order valence-corrected chi connectivity index (χ0v) is 16.1. The van der Waals surface area contributed by atoms with Gasteiger partial charge in [-0.25, -0.2) is 4.98 Å². The Kier molecular flexibility index (Phi) is 5.21. The van der Waals surface area contributed by atoms with Crippen LogP contribution >= 0.6 is 0 Å². The predicted molar refractivity (Wildman–Crippen MR) is 108 cm³/mol. The van der Waals surface area contributed by atoms with E-state index in [1.165, 1.54) is 0 Å². The van der Waals surface area contributed by atoms with E-state index in [0.717, 1.165) is 5.56 Å². The van der Waals surface area contributed by atoms with Crippen LogP contribution in [0.5, 0.6) is 23.1 Å². The van der Waals surface area contributed by atoms with Gasteiger partial charge < -0.3 is 25.3 Å². The summed E-state index contributed by atoms with van der Waals surface area (Å²) in [5.74, 6) is 1.01. The van der Waals surface area contributed by atoms with Crippen LogP contribution in [-0.2, 0) is 0 Å². The molecule has 8 heteroatoms. The van der Waals surface area contributed by atoms with Gasteiger partial charge >= 0.3 is 0 Å². The molecule has 2 aromatic carbocycles. The normalized spacial score (nSPS) is 12.8. The first-order valence-electron chi connectivity index (χ1n) is 9.24. The fourth-order valence-corrected chi connectivity index (χ4v) is 2.99. The van der Waals surface area contributed by atoms with Gasteiger partial charge in [0, 0.05) is 17.8 Å². The lowest BCUT2D eigenvalue weighted by molar-refractivity contribution is 0.0935. The molecule has 0 saturated carbocycles. The number of benzene rings is 2. The lowest BCUT2D eigenvalue weighted by Crippen LogP contribution is -2.27. The molecule has 8 nitrogen and oxygen atoms in total. The van der Waals surface area contributed by atoms with Crippen LogP contribution in [0.25, 0.3) is 0 Å². The second-order valence-corrected chi connectivity index (χ2v) is 6.65. The SMILES string of the molecule is CC(NC(=O)c1cccnc1Oc1ccc2c(c1)OCO2)c1ccc(C(N)=O)cc1. The van der Waals surface area contributed by atoms with E-state index in [-0.39, 0.29) is 30.2 Å². The maximum Gasteiger partial charge on any atom is 0.257 e. The van der Waals surface area contributed by atoms with E-state index >= 15 is 0 Å². The molecular formula is C22H19N3O5. The zero-order chi connectivity index (χ0) is 21.1. The number of ether oxygens (including phenoxy) is 3. The number of fused-ring (bicyclic) bond motifs is 1. The Labute approximate surface area is 172 Å². The average molecular weight is 405 g/mol. The predicted octanol–water partition coefficient (Wildman–Crippen LogP) is 3.19. The summed E-state index contributed by atoms with van der Waals surface area (Å²) in [6, 6.07) is 14.9. The second-order valence-electron chi connectivity index (χ2n) is 6.65. The molecule has 3 aromatic rings. The number of rotatable bonds is 6. The summed E-state index contributed by atoms with van der Waals surface area (Å²) in [5.41, 5.74) is 6.79. The van der Waals surface area contributed by atoms with E-state index in [9.17, 15) is 9.59 Å². The highest BCUT2D eigenvalue weighted by atomic mass is 16.7. The maximum absolute atomic E-state index is 12.9. The van der Waals surface area contributed by atoms with Gasteiger partial charge in [-0.1, -0.05) is 12.1 Å². The Morgan fingerprint density at radius 2 is 1.87 bits per heavy atom. The molecule has 4 rings (SSSR count). The van der Waals surface area contributed by atoms with E-state index in [4.69, 9.17) is 19.9 Å². The number of hydrogen-bond donors (Lipinski definition) is 2. The monoisotopic (exact) mass is 405 g/mol. The summed E-state index contributed by atoms with van der Waals surface area (Å²) in [4.78, 5) is 28.3. The second kappa shape index (κ2) is 8.12. The van der Waals surface area contributed by atoms with E-state index in [1.807, 2.05) is 6.92 Å². The minimum atomic E-state index is -0.501. The van der Waals surface area contributed by atoms with Crippen molar-refractivity contribution in [2.75, 3.05) is 6.79 Å². The summed E-state index contributed by atoms with van der Waals surface area (Å²) < 4.78 is 16.5. The van der Waals surface area contributed by atoms with Crippen LogP contribution in [0.1, 0.15) is 39.2 Å². The number of nitrogens with one attached hydrogen (secondary N) is 1. The first-order valence-corrected chi connectivity index (χ1v) is 9.24. The number of amides is 2. The minimum Gasteiger partial charge on any atom is -0.454 e. The molecule has 0 fully saturated rings. The van der Waals surface area contributed by atoms with Crippen molar-refractivity contribution in [3.05, 3.63) is 77.5 Å². The van der Waals surface area contributed by atoms with Crippen molar-refractivity contribution in [2.24, 2.45) is 5.73 Å². The molecule has 2 amide bonds. The molecule has 0 spiro atoms. The van der Waals surface area contributed by atoms with Crippen LogP contribution in [-0.4, -0.2) is 23.6 Å². The molecule has 1 aliphatic heterocycles.